The molecule has 8 nitrogen and oxygen atoms in total. The molecule has 322 valence electrons. The van der Waals surface area contributed by atoms with Gasteiger partial charge in [-0.1, -0.05) is 180 Å². The van der Waals surface area contributed by atoms with Gasteiger partial charge in [0.15, 0.2) is 0 Å². The van der Waals surface area contributed by atoms with Crippen LogP contribution in [0.3, 0.4) is 0 Å². The number of ether oxygens (including phenoxy) is 2. The average molecular weight is 789 g/mol. The van der Waals surface area contributed by atoms with Gasteiger partial charge in [0.1, 0.15) is 19.3 Å². The summed E-state index contributed by atoms with van der Waals surface area (Å²) in [5, 5.41) is 0. The zero-order chi connectivity index (χ0) is 39.9. The molecule has 0 aromatic carbocycles. The van der Waals surface area contributed by atoms with E-state index in [-0.39, 0.29) is 25.8 Å². The number of quaternary nitrogens is 1. The third-order valence-electron chi connectivity index (χ3n) is 10.1. The molecule has 0 radical (unpaired) electrons. The molecule has 0 heterocycles. The number of phosphoric acid groups is 1. The Morgan fingerprint density at radius 2 is 0.963 bits per heavy atom. The Balaban J connectivity index is 4.17. The van der Waals surface area contributed by atoms with Crippen LogP contribution < -0.4 is 0 Å². The molecule has 0 aliphatic heterocycles. The van der Waals surface area contributed by atoms with Crippen molar-refractivity contribution in [2.45, 2.75) is 219 Å². The molecule has 2 atom stereocenters. The number of unbranched alkanes of at least 4 members (excludes halogenated alkanes) is 27. The molecule has 0 aliphatic carbocycles. The predicted molar refractivity (Wildman–Crippen MR) is 229 cm³/mol. The molecule has 0 spiro atoms. The van der Waals surface area contributed by atoms with Crippen LogP contribution >= 0.6 is 7.82 Å². The largest absolute Gasteiger partial charge is 0.472 e. The number of likely N-dealkylation sites (N-methyl/N-ethyl adjacent to an activating group) is 1. The molecule has 0 saturated heterocycles. The summed E-state index contributed by atoms with van der Waals surface area (Å²) in [6, 6.07) is 0. The number of carbonyl (C=O) groups is 1. The lowest BCUT2D eigenvalue weighted by molar-refractivity contribution is -0.870. The Kier molecular flexibility index (Phi) is 38.5. The topological polar surface area (TPSA) is 91.3 Å². The van der Waals surface area contributed by atoms with Gasteiger partial charge in [0, 0.05) is 13.0 Å². The summed E-state index contributed by atoms with van der Waals surface area (Å²) in [5.41, 5.74) is 0. The first-order valence-electron chi connectivity index (χ1n) is 22.9. The normalized spacial score (nSPS) is 13.8. The third kappa shape index (κ3) is 42.4. The van der Waals surface area contributed by atoms with Crippen molar-refractivity contribution in [2.24, 2.45) is 0 Å². The number of esters is 1. The van der Waals surface area contributed by atoms with E-state index in [9.17, 15) is 14.3 Å². The fourth-order valence-corrected chi connectivity index (χ4v) is 7.23. The smallest absolute Gasteiger partial charge is 0.457 e. The number of allylic oxidation sites excluding steroid dienone is 2. The Morgan fingerprint density at radius 1 is 0.556 bits per heavy atom. The second-order valence-electron chi connectivity index (χ2n) is 16.8. The van der Waals surface area contributed by atoms with Crippen molar-refractivity contribution in [1.29, 1.82) is 0 Å². The van der Waals surface area contributed by atoms with Crippen LogP contribution in [0.1, 0.15) is 213 Å². The Hall–Kier alpha value is -0.760. The van der Waals surface area contributed by atoms with Gasteiger partial charge in [-0.15, -0.1) is 0 Å². The van der Waals surface area contributed by atoms with Crippen molar-refractivity contribution in [1.82, 2.24) is 0 Å². The fraction of sp³-hybridized carbons (Fsp3) is 0.933. The SMILES string of the molecule is CCCCCC/C=C\CCCCCCCCOCC(COP(=O)(O)OCC[N+](C)(C)C)OC(=O)CCCCCCCCCCCCCCCCCCCC. The number of phosphoric ester groups is 1. The summed E-state index contributed by atoms with van der Waals surface area (Å²) in [4.78, 5) is 22.9. The number of nitrogens with zero attached hydrogens (tertiary/aromatic N) is 1. The van der Waals surface area contributed by atoms with Crippen LogP contribution in [0.2, 0.25) is 0 Å². The van der Waals surface area contributed by atoms with Gasteiger partial charge in [-0.2, -0.15) is 0 Å². The van der Waals surface area contributed by atoms with Crippen molar-refractivity contribution in [2.75, 3.05) is 54.1 Å². The number of carbonyl (C=O) groups excluding carboxylic acids is 1. The Bertz CT molecular complexity index is 879. The molecular formula is C45H91NO7P+. The molecule has 0 saturated carbocycles. The van der Waals surface area contributed by atoms with E-state index in [1.165, 1.54) is 161 Å². The summed E-state index contributed by atoms with van der Waals surface area (Å²) in [6.45, 7) is 5.64. The minimum Gasteiger partial charge on any atom is -0.457 e. The lowest BCUT2D eigenvalue weighted by atomic mass is 10.0. The van der Waals surface area contributed by atoms with Gasteiger partial charge < -0.3 is 18.9 Å². The molecule has 0 bridgehead atoms. The maximum absolute atomic E-state index is 12.7. The van der Waals surface area contributed by atoms with E-state index in [1.54, 1.807) is 0 Å². The second kappa shape index (κ2) is 39.1. The summed E-state index contributed by atoms with van der Waals surface area (Å²) in [6.07, 6.45) is 42.4. The molecule has 0 aliphatic rings. The molecule has 1 N–H and O–H groups in total. The number of hydrogen-bond donors (Lipinski definition) is 1. The van der Waals surface area contributed by atoms with Gasteiger partial charge in [-0.3, -0.25) is 13.8 Å². The van der Waals surface area contributed by atoms with Gasteiger partial charge in [0.2, 0.25) is 0 Å². The van der Waals surface area contributed by atoms with Gasteiger partial charge in [-0.05, 0) is 38.5 Å². The molecule has 0 aromatic rings. The molecule has 54 heavy (non-hydrogen) atoms. The first-order valence-corrected chi connectivity index (χ1v) is 24.4. The highest BCUT2D eigenvalue weighted by Crippen LogP contribution is 2.43. The minimum absolute atomic E-state index is 0.0907. The highest BCUT2D eigenvalue weighted by atomic mass is 31.2. The van der Waals surface area contributed by atoms with E-state index in [4.69, 9.17) is 18.5 Å². The molecule has 9 heteroatoms. The quantitative estimate of drug-likeness (QED) is 0.0216. The van der Waals surface area contributed by atoms with Crippen molar-refractivity contribution in [3.8, 4) is 0 Å². The fourth-order valence-electron chi connectivity index (χ4n) is 6.49. The summed E-state index contributed by atoms with van der Waals surface area (Å²) in [7, 11) is 1.68. The summed E-state index contributed by atoms with van der Waals surface area (Å²) in [5.74, 6) is -0.311. The van der Waals surface area contributed by atoms with Gasteiger partial charge in [0.05, 0.1) is 34.4 Å². The monoisotopic (exact) mass is 789 g/mol. The molecule has 0 rings (SSSR count). The van der Waals surface area contributed by atoms with Gasteiger partial charge >= 0.3 is 13.8 Å². The van der Waals surface area contributed by atoms with Crippen LogP contribution in [-0.2, 0) is 27.9 Å². The van der Waals surface area contributed by atoms with Crippen molar-refractivity contribution in [3.05, 3.63) is 12.2 Å². The highest BCUT2D eigenvalue weighted by Gasteiger charge is 2.26. The van der Waals surface area contributed by atoms with Crippen LogP contribution in [0.15, 0.2) is 12.2 Å². The van der Waals surface area contributed by atoms with E-state index in [1.807, 2.05) is 21.1 Å². The van der Waals surface area contributed by atoms with Gasteiger partial charge in [0.25, 0.3) is 0 Å². The van der Waals surface area contributed by atoms with E-state index in [2.05, 4.69) is 26.0 Å². The first kappa shape index (κ1) is 53.2. The van der Waals surface area contributed by atoms with Crippen LogP contribution in [0.25, 0.3) is 0 Å². The molecule has 0 aromatic heterocycles. The maximum atomic E-state index is 12.7. The van der Waals surface area contributed by atoms with E-state index in [0.29, 0.717) is 24.1 Å². The number of rotatable bonds is 43. The first-order chi connectivity index (χ1) is 26.1. The Morgan fingerprint density at radius 3 is 1.43 bits per heavy atom. The van der Waals surface area contributed by atoms with Gasteiger partial charge in [-0.25, -0.2) is 4.57 Å². The van der Waals surface area contributed by atoms with E-state index in [0.717, 1.165) is 32.1 Å². The molecule has 2 unspecified atom stereocenters. The summed E-state index contributed by atoms with van der Waals surface area (Å²) < 4.78 is 35.0. The van der Waals surface area contributed by atoms with E-state index >= 15 is 0 Å². The second-order valence-corrected chi connectivity index (χ2v) is 18.2. The lowest BCUT2D eigenvalue weighted by Crippen LogP contribution is -2.37. The lowest BCUT2D eigenvalue weighted by Gasteiger charge is -2.24. The van der Waals surface area contributed by atoms with Crippen molar-refractivity contribution >= 4 is 13.8 Å². The summed E-state index contributed by atoms with van der Waals surface area (Å²) >= 11 is 0. The van der Waals surface area contributed by atoms with E-state index < -0.39 is 13.9 Å². The Labute approximate surface area is 335 Å². The zero-order valence-electron chi connectivity index (χ0n) is 36.5. The van der Waals surface area contributed by atoms with Crippen molar-refractivity contribution < 1.29 is 37.3 Å². The van der Waals surface area contributed by atoms with Crippen molar-refractivity contribution in [3.63, 3.8) is 0 Å². The van der Waals surface area contributed by atoms with Crippen LogP contribution in [0.4, 0.5) is 0 Å². The highest BCUT2D eigenvalue weighted by molar-refractivity contribution is 7.47. The molecule has 0 fully saturated rings. The maximum Gasteiger partial charge on any atom is 0.472 e. The van der Waals surface area contributed by atoms with Crippen LogP contribution in [-0.4, -0.2) is 75.6 Å². The number of hydrogen-bond acceptors (Lipinski definition) is 6. The predicted octanol–water partition coefficient (Wildman–Crippen LogP) is 13.4. The zero-order valence-corrected chi connectivity index (χ0v) is 37.4. The standard InChI is InChI=1S/C45H90NO7P/c1-6-8-10-12-14-16-18-20-22-23-24-25-26-28-30-32-34-36-38-45(47)53-44(43-52-54(48,49)51-41-39-46(3,4)5)42-50-40-37-35-33-31-29-27-21-19-17-15-13-11-9-7-2/h17,19,44H,6-16,18,20-43H2,1-5H3/p+1/b19-17-. The average Bonchev–Trinajstić information content (AvgIpc) is 3.12. The third-order valence-corrected chi connectivity index (χ3v) is 11.1. The molecule has 0 amide bonds. The van der Waals surface area contributed by atoms with Crippen LogP contribution in [0, 0.1) is 0 Å². The molecular weight excluding hydrogens is 697 g/mol. The minimum atomic E-state index is -4.27. The van der Waals surface area contributed by atoms with Crippen LogP contribution in [0.5, 0.6) is 0 Å².